The summed E-state index contributed by atoms with van der Waals surface area (Å²) in [6.45, 7) is 10.8. The Labute approximate surface area is 213 Å². The predicted molar refractivity (Wildman–Crippen MR) is 115 cm³/mol. The van der Waals surface area contributed by atoms with Gasteiger partial charge in [-0.2, -0.15) is 0 Å². The van der Waals surface area contributed by atoms with Gasteiger partial charge in [0.25, 0.3) is 0 Å². The molecule has 0 amide bonds. The van der Waals surface area contributed by atoms with E-state index in [1.165, 1.54) is 12.2 Å². The summed E-state index contributed by atoms with van der Waals surface area (Å²) in [7, 11) is 4.50. The summed E-state index contributed by atoms with van der Waals surface area (Å²) in [5.74, 6) is -0.257. The van der Waals surface area contributed by atoms with Gasteiger partial charge in [-0.05, 0) is 0 Å². The Morgan fingerprint density at radius 1 is 0.719 bits per heavy atom. The Morgan fingerprint density at radius 2 is 1.06 bits per heavy atom. The average molecular weight is 582 g/mol. The van der Waals surface area contributed by atoms with Crippen molar-refractivity contribution < 1.29 is 62.0 Å². The minimum absolute atomic E-state index is 0. The van der Waals surface area contributed by atoms with Crippen LogP contribution in [0.3, 0.4) is 0 Å². The van der Waals surface area contributed by atoms with E-state index in [-0.39, 0.29) is 45.5 Å². The molecular formula is C22H38Br2N4O4. The molecule has 32 heavy (non-hydrogen) atoms. The van der Waals surface area contributed by atoms with Gasteiger partial charge >= 0.3 is 0 Å². The first-order valence-corrected chi connectivity index (χ1v) is 11.2. The standard InChI is InChI=1S/C22H36N4O4.2BrH/c1-25(9-13-29-14-10-25)7-3-5-23-19-17-22(28)20(18-21(19)27)24-6-4-8-26(2)11-15-30-16-12-26;;/h17-18H,3-16H2,1-2H3;2*1H. The number of rotatable bonds is 10. The zero-order chi connectivity index (χ0) is 21.5. The molecule has 3 rings (SSSR count). The predicted octanol–water partition coefficient (Wildman–Crippen LogP) is -6.17. The van der Waals surface area contributed by atoms with Crippen molar-refractivity contribution in [2.24, 2.45) is 0 Å². The Hall–Kier alpha value is -0.780. The van der Waals surface area contributed by atoms with Crippen molar-refractivity contribution in [3.63, 3.8) is 0 Å². The van der Waals surface area contributed by atoms with Gasteiger partial charge in [0.1, 0.15) is 26.2 Å². The molecule has 2 saturated heterocycles. The van der Waals surface area contributed by atoms with E-state index in [9.17, 15) is 9.59 Å². The number of hydrogen-bond donors (Lipinski definition) is 2. The van der Waals surface area contributed by atoms with E-state index in [4.69, 9.17) is 9.47 Å². The maximum absolute atomic E-state index is 12.4. The van der Waals surface area contributed by atoms with Gasteiger partial charge in [-0.15, -0.1) is 0 Å². The smallest absolute Gasteiger partial charge is 0.203 e. The minimum atomic E-state index is -0.129. The number of quaternary nitrogens is 2. The van der Waals surface area contributed by atoms with Gasteiger partial charge in [-0.1, -0.05) is 0 Å². The van der Waals surface area contributed by atoms with Crippen molar-refractivity contribution in [2.75, 3.05) is 92.9 Å². The second-order valence-corrected chi connectivity index (χ2v) is 9.21. The van der Waals surface area contributed by atoms with Crippen LogP contribution < -0.4 is 44.6 Å². The highest BCUT2D eigenvalue weighted by molar-refractivity contribution is 6.19. The lowest BCUT2D eigenvalue weighted by atomic mass is 10.1. The van der Waals surface area contributed by atoms with Gasteiger partial charge in [-0.3, -0.25) is 9.59 Å². The molecule has 2 heterocycles. The molecule has 1 aliphatic carbocycles. The molecule has 2 fully saturated rings. The maximum atomic E-state index is 12.4. The number of ketones is 2. The van der Waals surface area contributed by atoms with Crippen LogP contribution in [0.15, 0.2) is 23.5 Å². The summed E-state index contributed by atoms with van der Waals surface area (Å²) in [5, 5.41) is 6.31. The third-order valence-corrected chi connectivity index (χ3v) is 6.56. The number of likely N-dealkylation sites (N-methyl/N-ethyl adjacent to an activating group) is 2. The third kappa shape index (κ3) is 8.87. The highest BCUT2D eigenvalue weighted by Gasteiger charge is 2.26. The monoisotopic (exact) mass is 580 g/mol. The number of allylic oxidation sites excluding steroid dienone is 2. The number of ether oxygens (including phenoxy) is 2. The number of hydrogen-bond acceptors (Lipinski definition) is 6. The molecule has 0 radical (unpaired) electrons. The average Bonchev–Trinajstić information content (AvgIpc) is 2.72. The Kier molecular flexibility index (Phi) is 12.6. The molecule has 2 N–H and O–H groups in total. The van der Waals surface area contributed by atoms with Crippen molar-refractivity contribution in [2.45, 2.75) is 12.8 Å². The molecule has 0 aromatic carbocycles. The van der Waals surface area contributed by atoms with Crippen LogP contribution in [-0.4, -0.2) is 113 Å². The lowest BCUT2D eigenvalue weighted by Crippen LogP contribution is -3.00. The van der Waals surface area contributed by atoms with E-state index in [0.29, 0.717) is 24.5 Å². The van der Waals surface area contributed by atoms with Gasteiger partial charge < -0.3 is 63.0 Å². The highest BCUT2D eigenvalue weighted by Crippen LogP contribution is 2.11. The first kappa shape index (κ1) is 29.3. The first-order valence-electron chi connectivity index (χ1n) is 11.2. The topological polar surface area (TPSA) is 76.7 Å². The van der Waals surface area contributed by atoms with Crippen LogP contribution in [0.2, 0.25) is 0 Å². The first-order chi connectivity index (χ1) is 14.4. The molecule has 0 aromatic rings. The quantitative estimate of drug-likeness (QED) is 0.152. The van der Waals surface area contributed by atoms with E-state index in [0.717, 1.165) is 87.5 Å². The van der Waals surface area contributed by atoms with E-state index >= 15 is 0 Å². The molecule has 0 bridgehead atoms. The second-order valence-electron chi connectivity index (χ2n) is 9.21. The summed E-state index contributed by atoms with van der Waals surface area (Å²) in [4.78, 5) is 24.8. The van der Waals surface area contributed by atoms with Crippen molar-refractivity contribution >= 4 is 11.6 Å². The van der Waals surface area contributed by atoms with Crippen molar-refractivity contribution in [1.29, 1.82) is 0 Å². The lowest BCUT2D eigenvalue weighted by molar-refractivity contribution is -0.916. The fourth-order valence-corrected chi connectivity index (χ4v) is 4.22. The summed E-state index contributed by atoms with van der Waals surface area (Å²) < 4.78 is 12.9. The number of nitrogens with zero attached hydrogens (tertiary/aromatic N) is 2. The van der Waals surface area contributed by atoms with Gasteiger partial charge in [0.15, 0.2) is 0 Å². The summed E-state index contributed by atoms with van der Waals surface area (Å²) in [6.07, 6.45) is 4.77. The molecule has 10 heteroatoms. The number of morpholine rings is 2. The molecular weight excluding hydrogens is 544 g/mol. The normalized spacial score (nSPS) is 22.1. The molecule has 2 aliphatic heterocycles. The van der Waals surface area contributed by atoms with Crippen molar-refractivity contribution in [1.82, 2.24) is 10.6 Å². The van der Waals surface area contributed by atoms with Crippen LogP contribution in [0.5, 0.6) is 0 Å². The van der Waals surface area contributed by atoms with Crippen LogP contribution in [0.1, 0.15) is 12.8 Å². The number of carbonyl (C=O) groups is 2. The molecule has 0 unspecified atom stereocenters. The minimum Gasteiger partial charge on any atom is -1.00 e. The fraction of sp³-hybridized carbons (Fsp3) is 0.727. The second kappa shape index (κ2) is 13.8. The van der Waals surface area contributed by atoms with E-state index < -0.39 is 0 Å². The molecule has 8 nitrogen and oxygen atoms in total. The zero-order valence-electron chi connectivity index (χ0n) is 19.3. The van der Waals surface area contributed by atoms with Crippen LogP contribution in [0, 0.1) is 0 Å². The molecule has 184 valence electrons. The Bertz CT molecular complexity index is 629. The van der Waals surface area contributed by atoms with E-state index in [2.05, 4.69) is 24.7 Å². The van der Waals surface area contributed by atoms with E-state index in [1.54, 1.807) is 0 Å². The van der Waals surface area contributed by atoms with Gasteiger partial charge in [-0.25, -0.2) is 0 Å². The molecule has 3 aliphatic rings. The zero-order valence-corrected chi connectivity index (χ0v) is 22.5. The fourth-order valence-electron chi connectivity index (χ4n) is 4.22. The van der Waals surface area contributed by atoms with Crippen LogP contribution in [-0.2, 0) is 19.1 Å². The van der Waals surface area contributed by atoms with Crippen LogP contribution in [0.4, 0.5) is 0 Å². The molecule has 0 aromatic heterocycles. The molecule has 0 spiro atoms. The summed E-state index contributed by atoms with van der Waals surface area (Å²) in [6, 6.07) is 0. The van der Waals surface area contributed by atoms with Crippen LogP contribution in [0.25, 0.3) is 0 Å². The van der Waals surface area contributed by atoms with Gasteiger partial charge in [0, 0.05) is 38.1 Å². The van der Waals surface area contributed by atoms with Gasteiger partial charge in [0.05, 0.1) is 65.0 Å². The number of nitrogens with one attached hydrogen (secondary N) is 2. The van der Waals surface area contributed by atoms with Crippen LogP contribution >= 0.6 is 0 Å². The summed E-state index contributed by atoms with van der Waals surface area (Å²) >= 11 is 0. The Morgan fingerprint density at radius 3 is 1.41 bits per heavy atom. The molecule has 0 saturated carbocycles. The van der Waals surface area contributed by atoms with Crippen molar-refractivity contribution in [3.05, 3.63) is 23.5 Å². The van der Waals surface area contributed by atoms with E-state index in [1.807, 2.05) is 0 Å². The maximum Gasteiger partial charge on any atom is 0.203 e. The summed E-state index contributed by atoms with van der Waals surface area (Å²) in [5.41, 5.74) is 0.808. The SMILES string of the molecule is C[N+]1(CCCNC2=CC(=O)C(NCCC[N+]3(C)CCOCC3)=CC2=O)CCOCC1.[Br-].[Br-]. The Balaban J connectivity index is 0.00000256. The number of halogens is 2. The number of carbonyl (C=O) groups excluding carboxylic acids is 2. The lowest BCUT2D eigenvalue weighted by Gasteiger charge is -2.37. The largest absolute Gasteiger partial charge is 1.00 e. The van der Waals surface area contributed by atoms with Crippen molar-refractivity contribution in [3.8, 4) is 0 Å². The third-order valence-electron chi connectivity index (χ3n) is 6.56. The molecule has 0 atom stereocenters. The highest BCUT2D eigenvalue weighted by atomic mass is 79.9. The van der Waals surface area contributed by atoms with Gasteiger partial charge in [0.2, 0.25) is 11.6 Å².